The number of carboxylic acids is 1. The third-order valence-corrected chi connectivity index (χ3v) is 5.02. The van der Waals surface area contributed by atoms with Crippen molar-refractivity contribution in [1.82, 2.24) is 9.78 Å². The number of aromatic carboxylic acids is 1. The lowest BCUT2D eigenvalue weighted by molar-refractivity contribution is 0.0681. The highest BCUT2D eigenvalue weighted by molar-refractivity contribution is 5.89. The van der Waals surface area contributed by atoms with E-state index in [9.17, 15) is 14.7 Å². The van der Waals surface area contributed by atoms with Crippen molar-refractivity contribution < 1.29 is 19.4 Å². The zero-order chi connectivity index (χ0) is 20.5. The van der Waals surface area contributed by atoms with Crippen LogP contribution < -0.4 is 5.32 Å². The van der Waals surface area contributed by atoms with E-state index in [2.05, 4.69) is 22.5 Å². The molecule has 0 fully saturated rings. The number of carboxylic acid groups (broad SMARTS) is 1. The molecule has 1 heterocycles. The maximum Gasteiger partial charge on any atom is 0.412 e. The summed E-state index contributed by atoms with van der Waals surface area (Å²) in [5.41, 5.74) is 4.56. The smallest absolute Gasteiger partial charge is 0.412 e. The quantitative estimate of drug-likeness (QED) is 0.667. The van der Waals surface area contributed by atoms with Crippen LogP contribution in [-0.2, 0) is 4.74 Å². The van der Waals surface area contributed by atoms with Gasteiger partial charge in [0, 0.05) is 18.0 Å². The minimum atomic E-state index is -1.10. The van der Waals surface area contributed by atoms with E-state index < -0.39 is 12.1 Å². The Hall–Kier alpha value is -3.61. The van der Waals surface area contributed by atoms with Crippen molar-refractivity contribution in [2.45, 2.75) is 25.8 Å². The molecule has 29 heavy (non-hydrogen) atoms. The molecule has 0 spiro atoms. The van der Waals surface area contributed by atoms with Crippen molar-refractivity contribution in [3.63, 3.8) is 0 Å². The molecule has 0 atom stereocenters. The molecule has 148 valence electrons. The maximum atomic E-state index is 12.3. The van der Waals surface area contributed by atoms with Crippen LogP contribution >= 0.6 is 0 Å². The molecule has 2 aromatic carbocycles. The van der Waals surface area contributed by atoms with E-state index in [1.165, 1.54) is 10.7 Å². The number of carbonyl (C=O) groups excluding carboxylic acids is 1. The topological polar surface area (TPSA) is 93.5 Å². The van der Waals surface area contributed by atoms with Crippen LogP contribution in [-0.4, -0.2) is 33.6 Å². The fourth-order valence-corrected chi connectivity index (χ4v) is 3.75. The number of fused-ring (bicyclic) bond motifs is 3. The van der Waals surface area contributed by atoms with Crippen LogP contribution in [0.4, 0.5) is 10.6 Å². The van der Waals surface area contributed by atoms with Gasteiger partial charge in [0.2, 0.25) is 0 Å². The number of anilines is 1. The Morgan fingerprint density at radius 2 is 1.69 bits per heavy atom. The second-order valence-electron chi connectivity index (χ2n) is 7.21. The molecule has 2 N–H and O–H groups in total. The molecule has 7 nitrogen and oxygen atoms in total. The van der Waals surface area contributed by atoms with Crippen LogP contribution in [0.25, 0.3) is 11.1 Å². The third-order valence-electron chi connectivity index (χ3n) is 5.02. The molecular weight excluding hydrogens is 370 g/mol. The molecule has 1 aliphatic carbocycles. The van der Waals surface area contributed by atoms with Gasteiger partial charge in [-0.3, -0.25) is 10.00 Å². The van der Waals surface area contributed by atoms with Gasteiger partial charge >= 0.3 is 12.1 Å². The lowest BCUT2D eigenvalue weighted by Gasteiger charge is -2.14. The van der Waals surface area contributed by atoms with Crippen LogP contribution in [0.3, 0.4) is 0 Å². The van der Waals surface area contributed by atoms with Crippen molar-refractivity contribution in [3.8, 4) is 11.1 Å². The first-order valence-corrected chi connectivity index (χ1v) is 9.40. The zero-order valence-electron chi connectivity index (χ0n) is 16.1. The van der Waals surface area contributed by atoms with Crippen molar-refractivity contribution >= 4 is 17.9 Å². The molecule has 0 bridgehead atoms. The molecule has 3 aromatic rings. The normalized spacial score (nSPS) is 12.5. The molecule has 0 aliphatic heterocycles. The highest BCUT2D eigenvalue weighted by Gasteiger charge is 2.29. The number of rotatable bonds is 5. The third kappa shape index (κ3) is 3.47. The average molecular weight is 391 g/mol. The second-order valence-corrected chi connectivity index (χ2v) is 7.21. The van der Waals surface area contributed by atoms with E-state index in [0.717, 1.165) is 22.3 Å². The minimum Gasteiger partial charge on any atom is -0.477 e. The predicted octanol–water partition coefficient (Wildman–Crippen LogP) is 4.52. The van der Waals surface area contributed by atoms with Gasteiger partial charge in [-0.15, -0.1) is 0 Å². The van der Waals surface area contributed by atoms with E-state index in [4.69, 9.17) is 4.74 Å². The molecule has 0 unspecified atom stereocenters. The Bertz CT molecular complexity index is 1040. The van der Waals surface area contributed by atoms with Crippen molar-refractivity contribution in [3.05, 3.63) is 71.4 Å². The van der Waals surface area contributed by atoms with Crippen molar-refractivity contribution in [2.24, 2.45) is 0 Å². The van der Waals surface area contributed by atoms with Crippen molar-refractivity contribution in [1.29, 1.82) is 0 Å². The van der Waals surface area contributed by atoms with E-state index >= 15 is 0 Å². The summed E-state index contributed by atoms with van der Waals surface area (Å²) in [6.45, 7) is 3.81. The lowest BCUT2D eigenvalue weighted by atomic mass is 9.98. The Morgan fingerprint density at radius 1 is 1.10 bits per heavy atom. The Balaban J connectivity index is 1.48. The number of hydrogen-bond acceptors (Lipinski definition) is 4. The summed E-state index contributed by atoms with van der Waals surface area (Å²) in [5.74, 6) is -1.00. The van der Waals surface area contributed by atoms with Gasteiger partial charge in [-0.25, -0.2) is 9.59 Å². The van der Waals surface area contributed by atoms with Crippen molar-refractivity contribution in [2.75, 3.05) is 11.9 Å². The highest BCUT2D eigenvalue weighted by atomic mass is 16.5. The van der Waals surface area contributed by atoms with Gasteiger partial charge in [0.25, 0.3) is 0 Å². The van der Waals surface area contributed by atoms with Gasteiger partial charge in [0.05, 0.1) is 0 Å². The highest BCUT2D eigenvalue weighted by Crippen LogP contribution is 2.44. The Morgan fingerprint density at radius 3 is 2.21 bits per heavy atom. The van der Waals surface area contributed by atoms with Crippen LogP contribution in [0, 0.1) is 0 Å². The maximum absolute atomic E-state index is 12.3. The van der Waals surface area contributed by atoms with E-state index in [1.807, 2.05) is 50.2 Å². The largest absolute Gasteiger partial charge is 0.477 e. The summed E-state index contributed by atoms with van der Waals surface area (Å²) in [6, 6.07) is 17.3. The molecule has 0 radical (unpaired) electrons. The Kier molecular flexibility index (Phi) is 4.80. The number of benzene rings is 2. The molecule has 1 amide bonds. The van der Waals surface area contributed by atoms with Crippen LogP contribution in [0.15, 0.2) is 54.6 Å². The summed E-state index contributed by atoms with van der Waals surface area (Å²) in [6.07, 6.45) is -0.669. The molecule has 0 saturated heterocycles. The monoisotopic (exact) mass is 391 g/mol. The van der Waals surface area contributed by atoms with Gasteiger partial charge in [0.15, 0.2) is 5.82 Å². The number of ether oxygens (including phenoxy) is 1. The van der Waals surface area contributed by atoms with E-state index in [-0.39, 0.29) is 30.1 Å². The summed E-state index contributed by atoms with van der Waals surface area (Å²) >= 11 is 0. The number of amides is 1. The fraction of sp³-hybridized carbons (Fsp3) is 0.227. The zero-order valence-corrected chi connectivity index (χ0v) is 16.1. The van der Waals surface area contributed by atoms with Gasteiger partial charge in [0.1, 0.15) is 12.3 Å². The number of nitrogens with one attached hydrogen (secondary N) is 1. The van der Waals surface area contributed by atoms with Gasteiger partial charge < -0.3 is 9.84 Å². The standard InChI is InChI=1S/C22H21N3O4/c1-13(2)25-19(21(26)27)11-20(24-25)23-22(28)29-12-18-16-9-5-3-7-14(16)15-8-4-6-10-17(15)18/h3-11,13,18H,12H2,1-2H3,(H,26,27)(H,23,24,28). The van der Waals surface area contributed by atoms with Crippen LogP contribution in [0.5, 0.6) is 0 Å². The van der Waals surface area contributed by atoms with Gasteiger partial charge in [-0.2, -0.15) is 5.10 Å². The summed E-state index contributed by atoms with van der Waals surface area (Å²) in [4.78, 5) is 23.7. The van der Waals surface area contributed by atoms with Gasteiger partial charge in [-0.1, -0.05) is 48.5 Å². The number of nitrogens with zero attached hydrogens (tertiary/aromatic N) is 2. The first-order valence-electron chi connectivity index (χ1n) is 9.40. The average Bonchev–Trinajstić information content (AvgIpc) is 3.26. The SMILES string of the molecule is CC(C)n1nc(NC(=O)OCC2c3ccccc3-c3ccccc32)cc1C(=O)O. The molecule has 4 rings (SSSR count). The molecule has 1 aromatic heterocycles. The fourth-order valence-electron chi connectivity index (χ4n) is 3.75. The molecule has 7 heteroatoms. The van der Waals surface area contributed by atoms with E-state index in [0.29, 0.717) is 0 Å². The van der Waals surface area contributed by atoms with Gasteiger partial charge in [-0.05, 0) is 36.1 Å². The molecule has 1 aliphatic rings. The number of hydrogen-bond donors (Lipinski definition) is 2. The Labute approximate surface area is 167 Å². The number of aromatic nitrogens is 2. The molecular formula is C22H21N3O4. The van der Waals surface area contributed by atoms with Crippen LogP contribution in [0.1, 0.15) is 47.4 Å². The minimum absolute atomic E-state index is 0.00828. The summed E-state index contributed by atoms with van der Waals surface area (Å²) < 4.78 is 6.82. The second kappa shape index (κ2) is 7.43. The number of carbonyl (C=O) groups is 2. The predicted molar refractivity (Wildman–Crippen MR) is 108 cm³/mol. The first kappa shape index (κ1) is 18.7. The molecule has 0 saturated carbocycles. The van der Waals surface area contributed by atoms with Crippen LogP contribution in [0.2, 0.25) is 0 Å². The first-order chi connectivity index (χ1) is 14.0. The lowest BCUT2D eigenvalue weighted by Crippen LogP contribution is -2.18. The van der Waals surface area contributed by atoms with E-state index in [1.54, 1.807) is 0 Å². The summed E-state index contributed by atoms with van der Waals surface area (Å²) in [7, 11) is 0. The summed E-state index contributed by atoms with van der Waals surface area (Å²) in [5, 5.41) is 16.0.